The number of anilines is 1. The number of halogens is 2. The lowest BCUT2D eigenvalue weighted by Crippen LogP contribution is -2.50. The maximum Gasteiger partial charge on any atom is 0.387 e. The molecule has 1 unspecified atom stereocenters. The van der Waals surface area contributed by atoms with E-state index in [0.717, 1.165) is 30.6 Å². The standard InChI is InChI=1S/C15H18F2N2O3/c16-15(17)22-11-3-4-12-10(8-11)2-1-6-19(12)14(20)13-9-18-5-7-21-13/h3-4,8,13,15,18H,1-2,5-7,9H2. The van der Waals surface area contributed by atoms with Crippen molar-refractivity contribution in [1.82, 2.24) is 5.32 Å². The summed E-state index contributed by atoms with van der Waals surface area (Å²) in [4.78, 5) is 14.3. The fourth-order valence-corrected chi connectivity index (χ4v) is 2.88. The van der Waals surface area contributed by atoms with Gasteiger partial charge in [0.05, 0.1) is 6.61 Å². The highest BCUT2D eigenvalue weighted by molar-refractivity contribution is 5.98. The van der Waals surface area contributed by atoms with Gasteiger partial charge in [0.1, 0.15) is 11.9 Å². The van der Waals surface area contributed by atoms with Gasteiger partial charge in [0, 0.05) is 25.3 Å². The van der Waals surface area contributed by atoms with E-state index in [2.05, 4.69) is 10.1 Å². The summed E-state index contributed by atoms with van der Waals surface area (Å²) >= 11 is 0. The van der Waals surface area contributed by atoms with Gasteiger partial charge in [-0.2, -0.15) is 8.78 Å². The Morgan fingerprint density at radius 2 is 2.32 bits per heavy atom. The van der Waals surface area contributed by atoms with Crippen molar-refractivity contribution in [3.8, 4) is 5.75 Å². The molecule has 0 aromatic heterocycles. The molecular formula is C15H18F2N2O3. The van der Waals surface area contributed by atoms with Crippen molar-refractivity contribution in [3.63, 3.8) is 0 Å². The number of hydrogen-bond acceptors (Lipinski definition) is 4. The molecule has 22 heavy (non-hydrogen) atoms. The third-order valence-electron chi connectivity index (χ3n) is 3.86. The molecule has 0 radical (unpaired) electrons. The SMILES string of the molecule is O=C(C1CNCCO1)N1CCCc2cc(OC(F)F)ccc21. The summed E-state index contributed by atoms with van der Waals surface area (Å²) in [6.07, 6.45) is 1.04. The predicted octanol–water partition coefficient (Wildman–Crippen LogP) is 1.56. The fourth-order valence-electron chi connectivity index (χ4n) is 2.88. The summed E-state index contributed by atoms with van der Waals surface area (Å²) in [5.74, 6) is 0.0364. The van der Waals surface area contributed by atoms with Crippen LogP contribution in [-0.2, 0) is 16.0 Å². The minimum Gasteiger partial charge on any atom is -0.435 e. The highest BCUT2D eigenvalue weighted by Gasteiger charge is 2.30. The van der Waals surface area contributed by atoms with E-state index in [9.17, 15) is 13.6 Å². The third kappa shape index (κ3) is 3.20. The number of alkyl halides is 2. The molecule has 1 fully saturated rings. The summed E-state index contributed by atoms with van der Waals surface area (Å²) < 4.78 is 34.5. The van der Waals surface area contributed by atoms with Crippen molar-refractivity contribution >= 4 is 11.6 Å². The Hall–Kier alpha value is -1.73. The Balaban J connectivity index is 1.80. The van der Waals surface area contributed by atoms with E-state index in [1.54, 1.807) is 17.0 Å². The number of rotatable bonds is 3. The van der Waals surface area contributed by atoms with Gasteiger partial charge in [0.15, 0.2) is 0 Å². The average molecular weight is 312 g/mol. The van der Waals surface area contributed by atoms with E-state index in [0.29, 0.717) is 19.7 Å². The summed E-state index contributed by atoms with van der Waals surface area (Å²) in [7, 11) is 0. The van der Waals surface area contributed by atoms with Gasteiger partial charge in [-0.25, -0.2) is 0 Å². The number of hydrogen-bond donors (Lipinski definition) is 1. The molecule has 5 nitrogen and oxygen atoms in total. The molecule has 1 aromatic rings. The van der Waals surface area contributed by atoms with Crippen LogP contribution in [0.4, 0.5) is 14.5 Å². The van der Waals surface area contributed by atoms with E-state index in [1.165, 1.54) is 6.07 Å². The molecule has 0 bridgehead atoms. The van der Waals surface area contributed by atoms with Crippen molar-refractivity contribution in [2.24, 2.45) is 0 Å². The second-order valence-corrected chi connectivity index (χ2v) is 5.33. The van der Waals surface area contributed by atoms with Crippen molar-refractivity contribution in [2.75, 3.05) is 31.1 Å². The van der Waals surface area contributed by atoms with E-state index >= 15 is 0 Å². The molecule has 0 saturated carbocycles. The zero-order chi connectivity index (χ0) is 15.5. The van der Waals surface area contributed by atoms with E-state index in [1.807, 2.05) is 0 Å². The number of morpholine rings is 1. The molecule has 2 aliphatic rings. The topological polar surface area (TPSA) is 50.8 Å². The molecule has 0 spiro atoms. The predicted molar refractivity (Wildman–Crippen MR) is 76.4 cm³/mol. The highest BCUT2D eigenvalue weighted by Crippen LogP contribution is 2.31. The first-order valence-corrected chi connectivity index (χ1v) is 7.36. The van der Waals surface area contributed by atoms with Gasteiger partial charge in [0.25, 0.3) is 5.91 Å². The summed E-state index contributed by atoms with van der Waals surface area (Å²) in [6.45, 7) is -0.480. The number of amides is 1. The number of nitrogens with one attached hydrogen (secondary N) is 1. The number of fused-ring (bicyclic) bond motifs is 1. The molecule has 120 valence electrons. The molecule has 1 atom stereocenters. The highest BCUT2D eigenvalue weighted by atomic mass is 19.3. The fraction of sp³-hybridized carbons (Fsp3) is 0.533. The molecule has 2 heterocycles. The summed E-state index contributed by atoms with van der Waals surface area (Å²) in [5, 5.41) is 3.13. The van der Waals surface area contributed by atoms with Crippen molar-refractivity contribution in [1.29, 1.82) is 0 Å². The van der Waals surface area contributed by atoms with Crippen LogP contribution in [0, 0.1) is 0 Å². The Bertz CT molecular complexity index is 548. The van der Waals surface area contributed by atoms with Crippen molar-refractivity contribution in [3.05, 3.63) is 23.8 Å². The van der Waals surface area contributed by atoms with Crippen LogP contribution in [0.25, 0.3) is 0 Å². The van der Waals surface area contributed by atoms with Crippen LogP contribution >= 0.6 is 0 Å². The van der Waals surface area contributed by atoms with Crippen LogP contribution in [-0.4, -0.2) is 44.9 Å². The summed E-state index contributed by atoms with van der Waals surface area (Å²) in [6, 6.07) is 4.72. The normalized spacial score (nSPS) is 21.6. The van der Waals surface area contributed by atoms with Gasteiger partial charge in [0.2, 0.25) is 0 Å². The van der Waals surface area contributed by atoms with Crippen LogP contribution in [0.2, 0.25) is 0 Å². The Labute approximate surface area is 127 Å². The Morgan fingerprint density at radius 1 is 1.45 bits per heavy atom. The first-order chi connectivity index (χ1) is 10.6. The van der Waals surface area contributed by atoms with Gasteiger partial charge < -0.3 is 19.7 Å². The van der Waals surface area contributed by atoms with Crippen LogP contribution < -0.4 is 15.0 Å². The van der Waals surface area contributed by atoms with Crippen molar-refractivity contribution < 1.29 is 23.0 Å². The quantitative estimate of drug-likeness (QED) is 0.920. The Kier molecular flexibility index (Phi) is 4.54. The van der Waals surface area contributed by atoms with Gasteiger partial charge in [-0.05, 0) is 36.6 Å². The average Bonchev–Trinajstić information content (AvgIpc) is 2.53. The molecule has 7 heteroatoms. The second-order valence-electron chi connectivity index (χ2n) is 5.33. The van der Waals surface area contributed by atoms with Gasteiger partial charge in [-0.3, -0.25) is 4.79 Å². The maximum absolute atomic E-state index is 12.6. The maximum atomic E-state index is 12.6. The number of aryl methyl sites for hydroxylation is 1. The number of carbonyl (C=O) groups is 1. The molecule has 1 N–H and O–H groups in total. The number of carbonyl (C=O) groups excluding carboxylic acids is 1. The van der Waals surface area contributed by atoms with Gasteiger partial charge in [-0.15, -0.1) is 0 Å². The minimum absolute atomic E-state index is 0.0873. The lowest BCUT2D eigenvalue weighted by atomic mass is 10.0. The molecule has 1 saturated heterocycles. The van der Waals surface area contributed by atoms with Crippen LogP contribution in [0.5, 0.6) is 5.75 Å². The lowest BCUT2D eigenvalue weighted by Gasteiger charge is -2.33. The molecule has 3 rings (SSSR count). The van der Waals surface area contributed by atoms with E-state index in [4.69, 9.17) is 4.74 Å². The zero-order valence-corrected chi connectivity index (χ0v) is 12.1. The second kappa shape index (κ2) is 6.58. The molecule has 0 aliphatic carbocycles. The first-order valence-electron chi connectivity index (χ1n) is 7.36. The van der Waals surface area contributed by atoms with Crippen molar-refractivity contribution in [2.45, 2.75) is 25.6 Å². The molecular weight excluding hydrogens is 294 g/mol. The molecule has 2 aliphatic heterocycles. The zero-order valence-electron chi connectivity index (χ0n) is 12.1. The van der Waals surface area contributed by atoms with Gasteiger partial charge in [-0.1, -0.05) is 0 Å². The first kappa shape index (κ1) is 15.2. The number of benzene rings is 1. The van der Waals surface area contributed by atoms with E-state index in [-0.39, 0.29) is 11.7 Å². The largest absolute Gasteiger partial charge is 0.435 e. The van der Waals surface area contributed by atoms with Gasteiger partial charge >= 0.3 is 6.61 Å². The third-order valence-corrected chi connectivity index (χ3v) is 3.86. The number of nitrogens with zero attached hydrogens (tertiary/aromatic N) is 1. The Morgan fingerprint density at radius 3 is 3.05 bits per heavy atom. The monoisotopic (exact) mass is 312 g/mol. The minimum atomic E-state index is -2.85. The van der Waals surface area contributed by atoms with E-state index < -0.39 is 12.7 Å². The molecule has 1 amide bonds. The number of ether oxygens (including phenoxy) is 2. The van der Waals surface area contributed by atoms with Crippen LogP contribution in [0.3, 0.4) is 0 Å². The lowest BCUT2D eigenvalue weighted by molar-refractivity contribution is -0.131. The summed E-state index contributed by atoms with van der Waals surface area (Å²) in [5.41, 5.74) is 1.61. The molecule has 1 aromatic carbocycles. The van der Waals surface area contributed by atoms with Crippen LogP contribution in [0.15, 0.2) is 18.2 Å². The smallest absolute Gasteiger partial charge is 0.387 e. The van der Waals surface area contributed by atoms with Crippen LogP contribution in [0.1, 0.15) is 12.0 Å².